The van der Waals surface area contributed by atoms with Gasteiger partial charge in [-0.1, -0.05) is 0 Å². The molecule has 0 radical (unpaired) electrons. The second-order valence-electron chi connectivity index (χ2n) is 5.10. The Morgan fingerprint density at radius 3 is 2.91 bits per heavy atom. The van der Waals surface area contributed by atoms with Crippen LogP contribution in [0.15, 0.2) is 11.8 Å². The smallest absolute Gasteiger partial charge is 0.263 e. The van der Waals surface area contributed by atoms with Gasteiger partial charge in [0.05, 0.1) is 6.61 Å². The summed E-state index contributed by atoms with van der Waals surface area (Å²) in [4.78, 5) is 26.9. The monoisotopic (exact) mass is 308 g/mol. The summed E-state index contributed by atoms with van der Waals surface area (Å²) in [6, 6.07) is 1.88. The molecule has 0 aromatic rings. The van der Waals surface area contributed by atoms with E-state index in [-0.39, 0.29) is 18.1 Å². The number of amides is 2. The van der Waals surface area contributed by atoms with Crippen molar-refractivity contribution in [3.63, 3.8) is 0 Å². The van der Waals surface area contributed by atoms with E-state index in [2.05, 4.69) is 5.32 Å². The summed E-state index contributed by atoms with van der Waals surface area (Å²) < 4.78 is 0. The minimum absolute atomic E-state index is 0.0209. The van der Waals surface area contributed by atoms with Crippen molar-refractivity contribution in [1.82, 2.24) is 15.1 Å². The molecule has 7 heteroatoms. The van der Waals surface area contributed by atoms with Crippen molar-refractivity contribution in [2.45, 2.75) is 26.2 Å². The summed E-state index contributed by atoms with van der Waals surface area (Å²) in [7, 11) is 0. The highest BCUT2D eigenvalue weighted by molar-refractivity contribution is 5.97. The van der Waals surface area contributed by atoms with Crippen molar-refractivity contribution in [2.24, 2.45) is 0 Å². The number of hydrogen-bond donors (Lipinski definition) is 2. The van der Waals surface area contributed by atoms with Crippen molar-refractivity contribution in [3.8, 4) is 6.07 Å². The fourth-order valence-electron chi connectivity index (χ4n) is 2.27. The van der Waals surface area contributed by atoms with Crippen LogP contribution >= 0.6 is 0 Å². The molecular weight excluding hydrogens is 284 g/mol. The molecule has 0 aliphatic carbocycles. The van der Waals surface area contributed by atoms with Crippen LogP contribution in [0.3, 0.4) is 0 Å². The van der Waals surface area contributed by atoms with Crippen molar-refractivity contribution in [3.05, 3.63) is 11.8 Å². The first-order valence-corrected chi connectivity index (χ1v) is 7.65. The molecule has 0 saturated carbocycles. The van der Waals surface area contributed by atoms with Gasteiger partial charge in [0.2, 0.25) is 5.91 Å². The number of aliphatic hydroxyl groups excluding tert-OH is 1. The summed E-state index contributed by atoms with van der Waals surface area (Å²) >= 11 is 0. The average molecular weight is 308 g/mol. The van der Waals surface area contributed by atoms with Crippen LogP contribution in [0.5, 0.6) is 0 Å². The van der Waals surface area contributed by atoms with Gasteiger partial charge in [-0.15, -0.1) is 0 Å². The predicted octanol–water partition coefficient (Wildman–Crippen LogP) is -0.163. The summed E-state index contributed by atoms with van der Waals surface area (Å²) in [5, 5.41) is 20.6. The number of nitrogens with zero attached hydrogens (tertiary/aromatic N) is 3. The van der Waals surface area contributed by atoms with E-state index in [1.807, 2.05) is 13.0 Å². The first kappa shape index (κ1) is 18.0. The van der Waals surface area contributed by atoms with Gasteiger partial charge >= 0.3 is 0 Å². The highest BCUT2D eigenvalue weighted by Gasteiger charge is 2.19. The van der Waals surface area contributed by atoms with Crippen LogP contribution < -0.4 is 5.32 Å². The van der Waals surface area contributed by atoms with Crippen LogP contribution in [-0.2, 0) is 9.59 Å². The SMILES string of the molecule is CCN(/C=C(/C#N)C(=O)NCCCN1CCCC1=O)CCO. The maximum absolute atomic E-state index is 11.9. The zero-order chi connectivity index (χ0) is 16.4. The fourth-order valence-corrected chi connectivity index (χ4v) is 2.27. The number of hydrogen-bond acceptors (Lipinski definition) is 5. The third-order valence-corrected chi connectivity index (χ3v) is 3.53. The normalized spacial score (nSPS) is 14.9. The van der Waals surface area contributed by atoms with Crippen LogP contribution in [-0.4, -0.2) is 66.1 Å². The highest BCUT2D eigenvalue weighted by Crippen LogP contribution is 2.09. The Labute approximate surface area is 131 Å². The molecule has 1 saturated heterocycles. The van der Waals surface area contributed by atoms with E-state index in [0.717, 1.165) is 13.0 Å². The number of carbonyl (C=O) groups excluding carboxylic acids is 2. The number of likely N-dealkylation sites (tertiary alicyclic amines) is 1. The topological polar surface area (TPSA) is 96.7 Å². The molecule has 7 nitrogen and oxygen atoms in total. The number of rotatable bonds is 9. The van der Waals surface area contributed by atoms with E-state index >= 15 is 0 Å². The molecule has 1 aliphatic heterocycles. The van der Waals surface area contributed by atoms with Crippen molar-refractivity contribution in [2.75, 3.05) is 39.3 Å². The maximum atomic E-state index is 11.9. The minimum atomic E-state index is -0.424. The van der Waals surface area contributed by atoms with Gasteiger partial charge in [-0.2, -0.15) is 5.26 Å². The van der Waals surface area contributed by atoms with Gasteiger partial charge in [0, 0.05) is 45.3 Å². The van der Waals surface area contributed by atoms with Gasteiger partial charge < -0.3 is 20.2 Å². The molecule has 1 heterocycles. The minimum Gasteiger partial charge on any atom is -0.395 e. The number of nitriles is 1. The van der Waals surface area contributed by atoms with E-state index in [4.69, 9.17) is 10.4 Å². The molecule has 0 spiro atoms. The van der Waals surface area contributed by atoms with Crippen molar-refractivity contribution in [1.29, 1.82) is 5.26 Å². The fraction of sp³-hybridized carbons (Fsp3) is 0.667. The molecule has 22 heavy (non-hydrogen) atoms. The lowest BCUT2D eigenvalue weighted by Crippen LogP contribution is -2.32. The van der Waals surface area contributed by atoms with Crippen LogP contribution in [0.4, 0.5) is 0 Å². The largest absolute Gasteiger partial charge is 0.395 e. The molecule has 1 fully saturated rings. The van der Waals surface area contributed by atoms with E-state index in [9.17, 15) is 9.59 Å². The van der Waals surface area contributed by atoms with Crippen LogP contribution in [0, 0.1) is 11.3 Å². The van der Waals surface area contributed by atoms with Crippen LogP contribution in [0.1, 0.15) is 26.2 Å². The lowest BCUT2D eigenvalue weighted by atomic mass is 10.2. The van der Waals surface area contributed by atoms with Gasteiger partial charge in [-0.25, -0.2) is 0 Å². The Kier molecular flexibility index (Phi) is 8.00. The summed E-state index contributed by atoms with van der Waals surface area (Å²) in [6.07, 6.45) is 3.66. The molecular formula is C15H24N4O3. The van der Waals surface area contributed by atoms with E-state index < -0.39 is 5.91 Å². The first-order valence-electron chi connectivity index (χ1n) is 7.65. The number of aliphatic hydroxyl groups is 1. The average Bonchev–Trinajstić information content (AvgIpc) is 2.93. The Hall–Kier alpha value is -2.07. The Bertz CT molecular complexity index is 456. The summed E-state index contributed by atoms with van der Waals surface area (Å²) in [5.41, 5.74) is 0.0209. The van der Waals surface area contributed by atoms with Gasteiger partial charge in [-0.05, 0) is 19.8 Å². The molecule has 0 unspecified atom stereocenters. The molecule has 0 aromatic carbocycles. The van der Waals surface area contributed by atoms with Gasteiger partial charge in [0.1, 0.15) is 11.6 Å². The molecule has 1 aliphatic rings. The lowest BCUT2D eigenvalue weighted by Gasteiger charge is -2.17. The first-order chi connectivity index (χ1) is 10.6. The quantitative estimate of drug-likeness (QED) is 0.350. The van der Waals surface area contributed by atoms with E-state index in [0.29, 0.717) is 39.0 Å². The Morgan fingerprint density at radius 1 is 1.59 bits per heavy atom. The molecule has 2 N–H and O–H groups in total. The zero-order valence-electron chi connectivity index (χ0n) is 13.0. The molecule has 0 aromatic heterocycles. The number of likely N-dealkylation sites (N-methyl/N-ethyl adjacent to an activating group) is 1. The van der Waals surface area contributed by atoms with E-state index in [1.54, 1.807) is 9.80 Å². The second-order valence-corrected chi connectivity index (χ2v) is 5.10. The second kappa shape index (κ2) is 9.79. The summed E-state index contributed by atoms with van der Waals surface area (Å²) in [6.45, 7) is 4.69. The molecule has 0 atom stereocenters. The molecule has 122 valence electrons. The maximum Gasteiger partial charge on any atom is 0.263 e. The van der Waals surface area contributed by atoms with Gasteiger partial charge in [-0.3, -0.25) is 9.59 Å². The Morgan fingerprint density at radius 2 is 2.36 bits per heavy atom. The molecule has 1 rings (SSSR count). The van der Waals surface area contributed by atoms with Gasteiger partial charge in [0.15, 0.2) is 0 Å². The van der Waals surface area contributed by atoms with Gasteiger partial charge in [0.25, 0.3) is 5.91 Å². The van der Waals surface area contributed by atoms with Crippen LogP contribution in [0.2, 0.25) is 0 Å². The summed E-state index contributed by atoms with van der Waals surface area (Å²) in [5.74, 6) is -0.252. The third-order valence-electron chi connectivity index (χ3n) is 3.53. The van der Waals surface area contributed by atoms with Crippen LogP contribution in [0.25, 0.3) is 0 Å². The zero-order valence-corrected chi connectivity index (χ0v) is 13.0. The van der Waals surface area contributed by atoms with E-state index in [1.165, 1.54) is 6.20 Å². The lowest BCUT2D eigenvalue weighted by molar-refractivity contribution is -0.127. The molecule has 0 bridgehead atoms. The Balaban J connectivity index is 2.37. The third kappa shape index (κ3) is 5.74. The standard InChI is InChI=1S/C15H24N4O3/c1-2-18(9-10-20)12-13(11-16)15(22)17-6-4-8-19-7-3-5-14(19)21/h12,20H,2-10H2,1H3,(H,17,22)/b13-12-. The predicted molar refractivity (Wildman–Crippen MR) is 81.5 cm³/mol. The number of nitrogens with one attached hydrogen (secondary N) is 1. The number of carbonyl (C=O) groups is 2. The molecule has 2 amide bonds. The van der Waals surface area contributed by atoms with Crippen molar-refractivity contribution >= 4 is 11.8 Å². The highest BCUT2D eigenvalue weighted by atomic mass is 16.3. The van der Waals surface area contributed by atoms with Crippen molar-refractivity contribution < 1.29 is 14.7 Å².